The van der Waals surface area contributed by atoms with Gasteiger partial charge in [0.2, 0.25) is 0 Å². The number of nitrogens with zero attached hydrogens (tertiary/aromatic N) is 1. The summed E-state index contributed by atoms with van der Waals surface area (Å²) in [5.74, 6) is -0.162. The van der Waals surface area contributed by atoms with E-state index in [4.69, 9.17) is 5.73 Å². The fourth-order valence-electron chi connectivity index (χ4n) is 2.93. The molecule has 1 aromatic heterocycles. The van der Waals surface area contributed by atoms with Crippen molar-refractivity contribution in [2.75, 3.05) is 15.5 Å². The van der Waals surface area contributed by atoms with Crippen LogP contribution in [-0.4, -0.2) is 16.0 Å². The van der Waals surface area contributed by atoms with E-state index in [0.29, 0.717) is 16.9 Å². The van der Waals surface area contributed by atoms with Crippen LogP contribution in [0.5, 0.6) is 0 Å². The lowest BCUT2D eigenvalue weighted by atomic mass is 9.99. The third kappa shape index (κ3) is 3.39. The van der Waals surface area contributed by atoms with Gasteiger partial charge >= 0.3 is 0 Å². The van der Waals surface area contributed by atoms with Gasteiger partial charge in [-0.2, -0.15) is 0 Å². The minimum absolute atomic E-state index is 0.162. The Balaban J connectivity index is 1.56. The molecule has 3 N–H and O–H groups in total. The van der Waals surface area contributed by atoms with Gasteiger partial charge < -0.3 is 11.1 Å². The van der Waals surface area contributed by atoms with Crippen molar-refractivity contribution in [2.45, 2.75) is 6.42 Å². The van der Waals surface area contributed by atoms with Crippen LogP contribution in [0.15, 0.2) is 75.8 Å². The quantitative estimate of drug-likeness (QED) is 0.374. The lowest BCUT2D eigenvalue weighted by molar-refractivity contribution is -0.112. The first kappa shape index (κ1) is 17.2. The molecule has 6 heteroatoms. The first-order valence-corrected chi connectivity index (χ1v) is 10.6. The number of nitrogen functional groups attached to an aromatic ring is 1. The second-order valence-corrected chi connectivity index (χ2v) is 7.74. The maximum atomic E-state index is 12.7. The van der Waals surface area contributed by atoms with Crippen LogP contribution < -0.4 is 11.1 Å². The average Bonchev–Trinajstić information content (AvgIpc) is 3.32. The number of amides is 1. The number of hydrogen-bond donors (Lipinski definition) is 2. The zero-order valence-corrected chi connectivity index (χ0v) is 16.8. The van der Waals surface area contributed by atoms with Gasteiger partial charge in [-0.3, -0.25) is 9.79 Å². The van der Waals surface area contributed by atoms with Gasteiger partial charge in [-0.25, -0.2) is 0 Å². The van der Waals surface area contributed by atoms with Gasteiger partial charge in [0.25, 0.3) is 5.91 Å². The van der Waals surface area contributed by atoms with E-state index in [-0.39, 0.29) is 5.91 Å². The molecular formula is C20H16IN3OS. The molecule has 2 aliphatic rings. The molecule has 1 aromatic carbocycles. The van der Waals surface area contributed by atoms with Gasteiger partial charge in [0, 0.05) is 14.9 Å². The van der Waals surface area contributed by atoms with Crippen molar-refractivity contribution in [1.82, 2.24) is 0 Å². The molecule has 0 atom stereocenters. The SMILES string of the molecule is Nc1ccc(-c2cccs2)cc1NC(=O)C1=CCC2=CC(CI)=NC2=C1. The molecular weight excluding hydrogens is 457 g/mol. The third-order valence-corrected chi connectivity index (χ3v) is 5.97. The van der Waals surface area contributed by atoms with Gasteiger partial charge in [0.15, 0.2) is 0 Å². The van der Waals surface area contributed by atoms with Crippen molar-refractivity contribution in [3.63, 3.8) is 0 Å². The number of halogens is 1. The highest BCUT2D eigenvalue weighted by Crippen LogP contribution is 2.32. The molecule has 130 valence electrons. The Labute approximate surface area is 169 Å². The number of carbonyl (C=O) groups is 1. The van der Waals surface area contributed by atoms with Crippen molar-refractivity contribution in [2.24, 2.45) is 4.99 Å². The number of alkyl halides is 1. The molecule has 1 aliphatic carbocycles. The van der Waals surface area contributed by atoms with E-state index in [1.807, 2.05) is 47.9 Å². The van der Waals surface area contributed by atoms with Gasteiger partial charge in [0.1, 0.15) is 0 Å². The number of hydrogen-bond acceptors (Lipinski definition) is 4. The molecule has 0 fully saturated rings. The molecule has 0 saturated heterocycles. The highest BCUT2D eigenvalue weighted by atomic mass is 127. The van der Waals surface area contributed by atoms with E-state index in [2.05, 4.69) is 39.0 Å². The Morgan fingerprint density at radius 3 is 2.96 bits per heavy atom. The summed E-state index contributed by atoms with van der Waals surface area (Å²) in [6.45, 7) is 0. The summed E-state index contributed by atoms with van der Waals surface area (Å²) in [4.78, 5) is 18.4. The number of allylic oxidation sites excluding steroid dienone is 3. The highest BCUT2D eigenvalue weighted by molar-refractivity contribution is 14.1. The van der Waals surface area contributed by atoms with E-state index in [1.54, 1.807) is 11.3 Å². The Morgan fingerprint density at radius 1 is 1.31 bits per heavy atom. The van der Waals surface area contributed by atoms with Crippen LogP contribution in [-0.2, 0) is 4.79 Å². The summed E-state index contributed by atoms with van der Waals surface area (Å²) in [6, 6.07) is 9.77. The molecule has 4 nitrogen and oxygen atoms in total. The minimum atomic E-state index is -0.162. The van der Waals surface area contributed by atoms with Crippen molar-refractivity contribution in [3.05, 3.63) is 70.8 Å². The zero-order valence-electron chi connectivity index (χ0n) is 13.8. The number of thiophene rings is 1. The fourth-order valence-corrected chi connectivity index (χ4v) is 4.04. The normalized spacial score (nSPS) is 15.6. The second-order valence-electron chi connectivity index (χ2n) is 6.03. The van der Waals surface area contributed by atoms with Crippen LogP contribution in [0.4, 0.5) is 11.4 Å². The summed E-state index contributed by atoms with van der Waals surface area (Å²) in [5, 5.41) is 4.97. The molecule has 26 heavy (non-hydrogen) atoms. The highest BCUT2D eigenvalue weighted by Gasteiger charge is 2.20. The van der Waals surface area contributed by atoms with Gasteiger partial charge in [-0.15, -0.1) is 11.3 Å². The average molecular weight is 473 g/mol. The van der Waals surface area contributed by atoms with Gasteiger partial charge in [0.05, 0.1) is 22.8 Å². The van der Waals surface area contributed by atoms with Gasteiger partial charge in [-0.05, 0) is 53.3 Å². The van der Waals surface area contributed by atoms with Crippen LogP contribution in [0.1, 0.15) is 6.42 Å². The molecule has 0 saturated carbocycles. The number of aliphatic imine (C=N–C) groups is 1. The summed E-state index contributed by atoms with van der Waals surface area (Å²) in [5.41, 5.74) is 12.0. The number of anilines is 2. The standard InChI is InChI=1S/C20H16IN3OS/c21-11-15-8-12-3-4-14(10-17(12)23-15)20(25)24-18-9-13(5-6-16(18)22)19-2-1-7-26-19/h1-2,4-10H,3,11,22H2,(H,24,25). The summed E-state index contributed by atoms with van der Waals surface area (Å²) in [6.07, 6.45) is 6.62. The Morgan fingerprint density at radius 2 is 2.19 bits per heavy atom. The number of nitrogens with one attached hydrogen (secondary N) is 1. The largest absolute Gasteiger partial charge is 0.397 e. The first-order chi connectivity index (χ1) is 12.6. The van der Waals surface area contributed by atoms with E-state index in [0.717, 1.165) is 32.7 Å². The molecule has 1 aliphatic heterocycles. The molecule has 4 rings (SSSR count). The predicted octanol–water partition coefficient (Wildman–Crippen LogP) is 4.97. The molecule has 0 bridgehead atoms. The van der Waals surface area contributed by atoms with Crippen LogP contribution in [0.3, 0.4) is 0 Å². The van der Waals surface area contributed by atoms with Crippen LogP contribution in [0.2, 0.25) is 0 Å². The third-order valence-electron chi connectivity index (χ3n) is 4.27. The maximum Gasteiger partial charge on any atom is 0.255 e. The lowest BCUT2D eigenvalue weighted by Crippen LogP contribution is -2.16. The van der Waals surface area contributed by atoms with Crippen LogP contribution >= 0.6 is 33.9 Å². The molecule has 0 unspecified atom stereocenters. The molecule has 2 aromatic rings. The summed E-state index contributed by atoms with van der Waals surface area (Å²) >= 11 is 3.95. The van der Waals surface area contributed by atoms with Crippen LogP contribution in [0.25, 0.3) is 10.4 Å². The van der Waals surface area contributed by atoms with Crippen molar-refractivity contribution in [3.8, 4) is 10.4 Å². The lowest BCUT2D eigenvalue weighted by Gasteiger charge is -2.13. The monoisotopic (exact) mass is 473 g/mol. The zero-order chi connectivity index (χ0) is 18.1. The Kier molecular flexibility index (Phi) is 4.78. The maximum absolute atomic E-state index is 12.7. The number of fused-ring (bicyclic) bond motifs is 1. The van der Waals surface area contributed by atoms with E-state index >= 15 is 0 Å². The smallest absolute Gasteiger partial charge is 0.255 e. The predicted molar refractivity (Wildman–Crippen MR) is 118 cm³/mol. The molecule has 0 spiro atoms. The van der Waals surface area contributed by atoms with Gasteiger partial charge in [-0.1, -0.05) is 40.8 Å². The minimum Gasteiger partial charge on any atom is -0.397 e. The molecule has 1 amide bonds. The Bertz CT molecular complexity index is 1000. The van der Waals surface area contributed by atoms with E-state index < -0.39 is 0 Å². The number of carbonyl (C=O) groups excluding carboxylic acids is 1. The van der Waals surface area contributed by atoms with Crippen molar-refractivity contribution < 1.29 is 4.79 Å². The Hall–Kier alpha value is -2.19. The first-order valence-electron chi connectivity index (χ1n) is 8.15. The second kappa shape index (κ2) is 7.20. The molecule has 2 heterocycles. The number of benzene rings is 1. The topological polar surface area (TPSA) is 67.5 Å². The van der Waals surface area contributed by atoms with Crippen LogP contribution in [0, 0.1) is 0 Å². The van der Waals surface area contributed by atoms with Crippen molar-refractivity contribution >= 4 is 56.9 Å². The number of rotatable bonds is 4. The molecule has 0 radical (unpaired) electrons. The summed E-state index contributed by atoms with van der Waals surface area (Å²) < 4.78 is 0.867. The number of nitrogens with two attached hydrogens (primary N) is 1. The van der Waals surface area contributed by atoms with Crippen molar-refractivity contribution in [1.29, 1.82) is 0 Å². The van der Waals surface area contributed by atoms with E-state index in [9.17, 15) is 4.79 Å². The van der Waals surface area contributed by atoms with E-state index in [1.165, 1.54) is 5.57 Å². The summed E-state index contributed by atoms with van der Waals surface area (Å²) in [7, 11) is 0. The fraction of sp³-hybridized carbons (Fsp3) is 0.100.